The van der Waals surface area contributed by atoms with Crippen LogP contribution < -0.4 is 0 Å². The molecule has 0 aliphatic heterocycles. The maximum absolute atomic E-state index is 2.22. The third-order valence-electron chi connectivity index (χ3n) is 1.10. The summed E-state index contributed by atoms with van der Waals surface area (Å²) in [5.41, 5.74) is 0. The van der Waals surface area contributed by atoms with Crippen LogP contribution in [0.2, 0.25) is 0 Å². The highest BCUT2D eigenvalue weighted by molar-refractivity contribution is 5.07. The van der Waals surface area contributed by atoms with Crippen molar-refractivity contribution in [2.75, 3.05) is 0 Å². The van der Waals surface area contributed by atoms with Gasteiger partial charge in [-0.25, -0.2) is 0 Å². The third-order valence-corrected chi connectivity index (χ3v) is 1.10. The maximum Gasteiger partial charge on any atom is -0.0197 e. The van der Waals surface area contributed by atoms with Crippen molar-refractivity contribution in [3.63, 3.8) is 0 Å². The van der Waals surface area contributed by atoms with Gasteiger partial charge >= 0.3 is 0 Å². The van der Waals surface area contributed by atoms with Gasteiger partial charge < -0.3 is 0 Å². The average molecular weight is 81.1 g/mol. The Labute approximate surface area is 38.9 Å². The number of rotatable bonds is 0. The summed E-state index contributed by atoms with van der Waals surface area (Å²) in [6, 6.07) is 0. The van der Waals surface area contributed by atoms with Gasteiger partial charge in [-0.05, 0) is 18.8 Å². The molecule has 0 heterocycles. The minimum absolute atomic E-state index is 1.22. The molecule has 1 rings (SSSR count). The van der Waals surface area contributed by atoms with Crippen LogP contribution in [0.4, 0.5) is 0 Å². The molecule has 0 saturated carbocycles. The predicted molar refractivity (Wildman–Crippen MR) is 27.3 cm³/mol. The first kappa shape index (κ1) is 3.91. The van der Waals surface area contributed by atoms with Gasteiger partial charge in [0.1, 0.15) is 0 Å². The van der Waals surface area contributed by atoms with Crippen LogP contribution in [0.15, 0.2) is 12.2 Å². The van der Waals surface area contributed by atoms with Gasteiger partial charge in [-0.2, -0.15) is 0 Å². The fraction of sp³-hybridized carbons (Fsp3) is 0.500. The van der Waals surface area contributed by atoms with Gasteiger partial charge in [0.15, 0.2) is 0 Å². The summed E-state index contributed by atoms with van der Waals surface area (Å²) >= 11 is 0. The third kappa shape index (κ3) is 0.618. The van der Waals surface area contributed by atoms with Crippen LogP contribution in [-0.4, -0.2) is 0 Å². The van der Waals surface area contributed by atoms with E-state index in [0.29, 0.717) is 0 Å². The first-order valence-electron chi connectivity index (χ1n) is 2.36. The largest absolute Gasteiger partial charge is 0.0879 e. The van der Waals surface area contributed by atoms with Gasteiger partial charge in [-0.15, -0.1) is 0 Å². The Morgan fingerprint density at radius 1 is 1.33 bits per heavy atom. The molecule has 0 aromatic heterocycles. The monoisotopic (exact) mass is 81.1 g/mol. The minimum atomic E-state index is 1.22. The Morgan fingerprint density at radius 3 is 2.00 bits per heavy atom. The van der Waals surface area contributed by atoms with Gasteiger partial charge in [-0.3, -0.25) is 0 Å². The van der Waals surface area contributed by atoms with E-state index < -0.39 is 0 Å². The van der Waals surface area contributed by atoms with Crippen LogP contribution in [0.25, 0.3) is 0 Å². The normalized spacial score (nSPS) is 22.8. The lowest BCUT2D eigenvalue weighted by Crippen LogP contribution is -1.76. The molecule has 0 fully saturated rings. The topological polar surface area (TPSA) is 0 Å². The highest BCUT2D eigenvalue weighted by atomic mass is 14.1. The molecule has 1 radical (unpaired) electrons. The summed E-state index contributed by atoms with van der Waals surface area (Å²) in [6.45, 7) is 2.19. The van der Waals surface area contributed by atoms with E-state index in [4.69, 9.17) is 0 Å². The molecule has 0 amide bonds. The van der Waals surface area contributed by atoms with Crippen LogP contribution in [-0.2, 0) is 0 Å². The zero-order valence-electron chi connectivity index (χ0n) is 4.07. The van der Waals surface area contributed by atoms with E-state index in [1.807, 2.05) is 0 Å². The van der Waals surface area contributed by atoms with Gasteiger partial charge in [0.2, 0.25) is 0 Å². The van der Waals surface area contributed by atoms with Crippen LogP contribution in [0.3, 0.4) is 0 Å². The van der Waals surface area contributed by atoms with Gasteiger partial charge in [-0.1, -0.05) is 19.1 Å². The summed E-state index contributed by atoms with van der Waals surface area (Å²) in [7, 11) is 0. The molecular formula is C6H9. The molecule has 1 aliphatic carbocycles. The molecular weight excluding hydrogens is 72.1 g/mol. The Balaban J connectivity index is 2.32. The van der Waals surface area contributed by atoms with Crippen molar-refractivity contribution in [3.05, 3.63) is 18.1 Å². The minimum Gasteiger partial charge on any atom is -0.0879 e. The smallest absolute Gasteiger partial charge is 0.0197 e. The first-order valence-corrected chi connectivity index (χ1v) is 2.36. The number of hydrogen-bond donors (Lipinski definition) is 0. The van der Waals surface area contributed by atoms with Crippen molar-refractivity contribution < 1.29 is 0 Å². The SMILES string of the molecule is C[C]1CC=CC1. The molecule has 0 saturated heterocycles. The van der Waals surface area contributed by atoms with E-state index >= 15 is 0 Å². The molecule has 0 N–H and O–H groups in total. The predicted octanol–water partition coefficient (Wildman–Crippen LogP) is 1.93. The summed E-state index contributed by atoms with van der Waals surface area (Å²) in [5, 5.41) is 0. The van der Waals surface area contributed by atoms with Gasteiger partial charge in [0, 0.05) is 0 Å². The molecule has 0 aromatic carbocycles. The van der Waals surface area contributed by atoms with Crippen LogP contribution in [0.5, 0.6) is 0 Å². The van der Waals surface area contributed by atoms with Crippen molar-refractivity contribution in [1.29, 1.82) is 0 Å². The van der Waals surface area contributed by atoms with Crippen LogP contribution in [0.1, 0.15) is 19.8 Å². The molecule has 1 aliphatic rings. The second-order valence-corrected chi connectivity index (χ2v) is 1.84. The molecule has 0 unspecified atom stereocenters. The van der Waals surface area contributed by atoms with E-state index in [1.54, 1.807) is 5.92 Å². The standard InChI is InChI=1S/C6H9/c1-6-4-2-3-5-6/h2-3H,4-5H2,1H3. The quantitative estimate of drug-likeness (QED) is 0.391. The second kappa shape index (κ2) is 1.46. The molecule has 0 atom stereocenters. The van der Waals surface area contributed by atoms with Crippen molar-refractivity contribution >= 4 is 0 Å². The Morgan fingerprint density at radius 2 is 1.83 bits per heavy atom. The molecule has 6 heavy (non-hydrogen) atoms. The van der Waals surface area contributed by atoms with E-state index in [9.17, 15) is 0 Å². The van der Waals surface area contributed by atoms with E-state index in [2.05, 4.69) is 19.1 Å². The summed E-state index contributed by atoms with van der Waals surface area (Å²) in [5.74, 6) is 1.59. The fourth-order valence-corrected chi connectivity index (χ4v) is 0.652. The molecule has 0 bridgehead atoms. The number of allylic oxidation sites excluding steroid dienone is 2. The average Bonchev–Trinajstić information content (AvgIpc) is 1.86. The Hall–Kier alpha value is -0.260. The lowest BCUT2D eigenvalue weighted by atomic mass is 10.1. The Kier molecular flexibility index (Phi) is 0.952. The van der Waals surface area contributed by atoms with Gasteiger partial charge in [0.05, 0.1) is 0 Å². The zero-order valence-corrected chi connectivity index (χ0v) is 4.07. The number of hydrogen-bond acceptors (Lipinski definition) is 0. The van der Waals surface area contributed by atoms with E-state index in [1.165, 1.54) is 12.8 Å². The zero-order chi connectivity index (χ0) is 4.41. The van der Waals surface area contributed by atoms with Crippen molar-refractivity contribution in [1.82, 2.24) is 0 Å². The van der Waals surface area contributed by atoms with Crippen molar-refractivity contribution in [3.8, 4) is 0 Å². The highest BCUT2D eigenvalue weighted by Gasteiger charge is 2.00. The van der Waals surface area contributed by atoms with Crippen molar-refractivity contribution in [2.24, 2.45) is 0 Å². The van der Waals surface area contributed by atoms with Gasteiger partial charge in [0.25, 0.3) is 0 Å². The maximum atomic E-state index is 2.22. The van der Waals surface area contributed by atoms with Crippen LogP contribution >= 0.6 is 0 Å². The highest BCUT2D eigenvalue weighted by Crippen LogP contribution is 2.17. The Bertz CT molecular complexity index is 54.4. The molecule has 0 spiro atoms. The molecule has 33 valence electrons. The second-order valence-electron chi connectivity index (χ2n) is 1.84. The summed E-state index contributed by atoms with van der Waals surface area (Å²) in [6.07, 6.45) is 6.88. The summed E-state index contributed by atoms with van der Waals surface area (Å²) in [4.78, 5) is 0. The molecule has 0 nitrogen and oxygen atoms in total. The lowest BCUT2D eigenvalue weighted by molar-refractivity contribution is 0.967. The summed E-state index contributed by atoms with van der Waals surface area (Å²) < 4.78 is 0. The van der Waals surface area contributed by atoms with E-state index in [0.717, 1.165) is 0 Å². The fourth-order valence-electron chi connectivity index (χ4n) is 0.652. The first-order chi connectivity index (χ1) is 2.89. The molecule has 0 heteroatoms. The van der Waals surface area contributed by atoms with E-state index in [-0.39, 0.29) is 0 Å². The lowest BCUT2D eigenvalue weighted by Gasteiger charge is -1.91. The molecule has 0 aromatic rings. The van der Waals surface area contributed by atoms with Crippen LogP contribution in [0, 0.1) is 5.92 Å². The van der Waals surface area contributed by atoms with Crippen molar-refractivity contribution in [2.45, 2.75) is 19.8 Å².